The van der Waals surface area contributed by atoms with E-state index in [-0.39, 0.29) is 0 Å². The fourth-order valence-corrected chi connectivity index (χ4v) is 2.05. The molecule has 0 saturated carbocycles. The lowest BCUT2D eigenvalue weighted by Crippen LogP contribution is -2.15. The van der Waals surface area contributed by atoms with E-state index in [4.69, 9.17) is 0 Å². The predicted molar refractivity (Wildman–Crippen MR) is 60.1 cm³/mol. The van der Waals surface area contributed by atoms with Gasteiger partial charge in [0.25, 0.3) is 0 Å². The molecule has 2 heteroatoms. The second-order valence-electron chi connectivity index (χ2n) is 3.45. The van der Waals surface area contributed by atoms with E-state index in [0.29, 0.717) is 5.92 Å². The highest BCUT2D eigenvalue weighted by Crippen LogP contribution is 2.21. The monoisotopic (exact) mass is 190 g/mol. The molecule has 1 rings (SSSR count). The maximum Gasteiger partial charge on any atom is 0.0716 e. The molecule has 0 atom stereocenters. The Bertz CT molecular complexity index is 281. The molecule has 69 valence electrons. The molecule has 0 bridgehead atoms. The molecule has 13 heavy (non-hydrogen) atoms. The lowest BCUT2D eigenvalue weighted by Gasteiger charge is -2.16. The second kappa shape index (κ2) is 4.47. The Morgan fingerprint density at radius 3 is 2.62 bits per heavy atom. The quantitative estimate of drug-likeness (QED) is 0.719. The summed E-state index contributed by atoms with van der Waals surface area (Å²) < 4.78 is 0. The summed E-state index contributed by atoms with van der Waals surface area (Å²) in [6, 6.07) is 6.28. The van der Waals surface area contributed by atoms with Gasteiger partial charge in [-0.3, -0.25) is 0 Å². The molecule has 1 N–H and O–H groups in total. The Morgan fingerprint density at radius 1 is 1.38 bits per heavy atom. The van der Waals surface area contributed by atoms with Gasteiger partial charge in [-0.05, 0) is 24.5 Å². The summed E-state index contributed by atoms with van der Waals surface area (Å²) in [7, 11) is 3.63. The first kappa shape index (κ1) is 10.3. The molecule has 0 spiro atoms. The van der Waals surface area contributed by atoms with Crippen LogP contribution in [0.5, 0.6) is 0 Å². The van der Waals surface area contributed by atoms with Crippen molar-refractivity contribution in [3.63, 3.8) is 0 Å². The Labute approximate surface area is 84.0 Å². The van der Waals surface area contributed by atoms with Crippen LogP contribution >= 0.6 is 0 Å². The van der Waals surface area contributed by atoms with E-state index in [0.717, 1.165) is 6.54 Å². The first-order chi connectivity index (χ1) is 6.16. The fourth-order valence-electron chi connectivity index (χ4n) is 1.53. The molecule has 0 amide bonds. The highest BCUT2D eigenvalue weighted by Gasteiger charge is 2.07. The number of hydrogen-bond acceptors (Lipinski definition) is 1. The number of nitrogens with one attached hydrogen (secondary N) is 1. The van der Waals surface area contributed by atoms with E-state index in [1.807, 2.05) is 0 Å². The van der Waals surface area contributed by atoms with Gasteiger partial charge >= 0.3 is 0 Å². The molecule has 0 aliphatic heterocycles. The van der Waals surface area contributed by atoms with Gasteiger partial charge in [0.1, 0.15) is 0 Å². The Morgan fingerprint density at radius 2 is 2.08 bits per heavy atom. The normalized spacial score (nSPS) is 10.5. The summed E-state index contributed by atoms with van der Waals surface area (Å²) in [4.78, 5) is 0. The van der Waals surface area contributed by atoms with Crippen molar-refractivity contribution in [3.8, 4) is 0 Å². The van der Waals surface area contributed by atoms with Gasteiger partial charge in [-0.25, -0.2) is 0 Å². The lowest BCUT2D eigenvalue weighted by atomic mass is 10.0. The molecule has 0 fully saturated rings. The van der Waals surface area contributed by atoms with Crippen molar-refractivity contribution >= 4 is 21.1 Å². The highest BCUT2D eigenvalue weighted by molar-refractivity contribution is 6.33. The lowest BCUT2D eigenvalue weighted by molar-refractivity contribution is 0.873. The molecule has 1 aromatic carbocycles. The average molecular weight is 190 g/mol. The van der Waals surface area contributed by atoms with Crippen molar-refractivity contribution in [3.05, 3.63) is 23.8 Å². The number of anilines is 1. The molecule has 0 aliphatic carbocycles. The molecular formula is C11H16NSi. The highest BCUT2D eigenvalue weighted by atomic mass is 28.1. The van der Waals surface area contributed by atoms with E-state index >= 15 is 0 Å². The average Bonchev–Trinajstić information content (AvgIpc) is 2.04. The van der Waals surface area contributed by atoms with Crippen molar-refractivity contribution in [1.29, 1.82) is 0 Å². The molecule has 0 aromatic heterocycles. The van der Waals surface area contributed by atoms with Crippen LogP contribution in [0.2, 0.25) is 0 Å². The Kier molecular flexibility index (Phi) is 3.55. The summed E-state index contributed by atoms with van der Waals surface area (Å²) in [6.07, 6.45) is 0. The minimum Gasteiger partial charge on any atom is -0.385 e. The van der Waals surface area contributed by atoms with Crippen LogP contribution in [0.25, 0.3) is 0 Å². The number of benzene rings is 1. The molecule has 0 saturated heterocycles. The number of rotatable bonds is 3. The van der Waals surface area contributed by atoms with Crippen LogP contribution in [-0.2, 0) is 0 Å². The second-order valence-corrected chi connectivity index (χ2v) is 3.99. The molecule has 0 heterocycles. The molecular weight excluding hydrogens is 174 g/mol. The summed E-state index contributed by atoms with van der Waals surface area (Å²) in [6.45, 7) is 7.50. The third kappa shape index (κ3) is 2.34. The first-order valence-corrected chi connectivity index (χ1v) is 5.25. The van der Waals surface area contributed by atoms with Gasteiger partial charge in [-0.15, -0.1) is 0 Å². The van der Waals surface area contributed by atoms with E-state index in [9.17, 15) is 0 Å². The zero-order chi connectivity index (χ0) is 9.84. The standard InChI is InChI=1S/C11H16NSi/c1-4-12-9-6-5-7-10(13)11(9)8(2)3/h5-8,12H,4H2,1-3H3. The largest absolute Gasteiger partial charge is 0.385 e. The van der Waals surface area contributed by atoms with Crippen LogP contribution in [0.4, 0.5) is 5.69 Å². The fraction of sp³-hybridized carbons (Fsp3) is 0.455. The molecule has 1 nitrogen and oxygen atoms in total. The number of hydrogen-bond donors (Lipinski definition) is 1. The minimum atomic E-state index is 0.544. The Balaban J connectivity index is 3.10. The third-order valence-corrected chi connectivity index (χ3v) is 2.49. The van der Waals surface area contributed by atoms with Crippen LogP contribution in [0.3, 0.4) is 0 Å². The Hall–Kier alpha value is -0.763. The predicted octanol–water partition coefficient (Wildman–Crippen LogP) is 2.04. The van der Waals surface area contributed by atoms with Crippen LogP contribution in [0.15, 0.2) is 18.2 Å². The van der Waals surface area contributed by atoms with Gasteiger partial charge < -0.3 is 5.32 Å². The zero-order valence-electron chi connectivity index (χ0n) is 8.52. The van der Waals surface area contributed by atoms with E-state index < -0.39 is 0 Å². The third-order valence-electron chi connectivity index (χ3n) is 2.05. The summed E-state index contributed by atoms with van der Waals surface area (Å²) in [5.74, 6) is 0.544. The van der Waals surface area contributed by atoms with E-state index in [1.165, 1.54) is 16.4 Å². The summed E-state index contributed by atoms with van der Waals surface area (Å²) >= 11 is 0. The molecule has 0 unspecified atom stereocenters. The van der Waals surface area contributed by atoms with E-state index in [2.05, 4.69) is 54.5 Å². The van der Waals surface area contributed by atoms with Crippen LogP contribution in [0.1, 0.15) is 32.3 Å². The molecule has 3 radical (unpaired) electrons. The van der Waals surface area contributed by atoms with Gasteiger partial charge in [0.05, 0.1) is 10.2 Å². The van der Waals surface area contributed by atoms with Gasteiger partial charge in [0.2, 0.25) is 0 Å². The van der Waals surface area contributed by atoms with Crippen molar-refractivity contribution in [2.24, 2.45) is 0 Å². The van der Waals surface area contributed by atoms with Gasteiger partial charge in [0.15, 0.2) is 0 Å². The van der Waals surface area contributed by atoms with Gasteiger partial charge in [-0.2, -0.15) is 0 Å². The van der Waals surface area contributed by atoms with Gasteiger partial charge in [-0.1, -0.05) is 31.2 Å². The van der Waals surface area contributed by atoms with Crippen LogP contribution < -0.4 is 10.5 Å². The topological polar surface area (TPSA) is 12.0 Å². The van der Waals surface area contributed by atoms with Crippen molar-refractivity contribution in [2.45, 2.75) is 26.7 Å². The minimum absolute atomic E-state index is 0.544. The zero-order valence-corrected chi connectivity index (χ0v) is 9.52. The van der Waals surface area contributed by atoms with Crippen LogP contribution in [0, 0.1) is 0 Å². The van der Waals surface area contributed by atoms with Crippen molar-refractivity contribution in [2.75, 3.05) is 11.9 Å². The molecule has 1 aromatic rings. The van der Waals surface area contributed by atoms with Crippen molar-refractivity contribution in [1.82, 2.24) is 0 Å². The van der Waals surface area contributed by atoms with Crippen molar-refractivity contribution < 1.29 is 0 Å². The summed E-state index contributed by atoms with van der Waals surface area (Å²) in [5.41, 5.74) is 2.60. The maximum absolute atomic E-state index is 3.63. The van der Waals surface area contributed by atoms with Gasteiger partial charge in [0, 0.05) is 12.2 Å². The molecule has 0 aliphatic rings. The summed E-state index contributed by atoms with van der Waals surface area (Å²) in [5, 5.41) is 4.56. The van der Waals surface area contributed by atoms with Crippen LogP contribution in [-0.4, -0.2) is 16.8 Å². The maximum atomic E-state index is 3.63. The smallest absolute Gasteiger partial charge is 0.0716 e. The van der Waals surface area contributed by atoms with E-state index in [1.54, 1.807) is 0 Å². The SMILES string of the molecule is CCNc1cccc([Si])c1C(C)C. The first-order valence-electron chi connectivity index (χ1n) is 4.75.